The zero-order valence-electron chi connectivity index (χ0n) is 6.39. The Morgan fingerprint density at radius 2 is 2.30 bits per heavy atom. The van der Waals surface area contributed by atoms with Gasteiger partial charge in [-0.1, -0.05) is 13.8 Å². The molecule has 56 valence electrons. The molecule has 1 aliphatic carbocycles. The van der Waals surface area contributed by atoms with E-state index in [1.54, 1.807) is 0 Å². The number of ether oxygens (including phenoxy) is 1. The number of rotatable bonds is 0. The van der Waals surface area contributed by atoms with E-state index in [4.69, 9.17) is 4.74 Å². The maximum atomic E-state index is 11.1. The lowest BCUT2D eigenvalue weighted by Crippen LogP contribution is -2.28. The highest BCUT2D eigenvalue weighted by Gasteiger charge is 2.52. The Balaban J connectivity index is 2.13. The fraction of sp³-hybridized carbons (Fsp3) is 0.875. The van der Waals surface area contributed by atoms with Gasteiger partial charge in [-0.25, -0.2) is 0 Å². The predicted molar refractivity (Wildman–Crippen MR) is 36.7 cm³/mol. The summed E-state index contributed by atoms with van der Waals surface area (Å²) in [5.41, 5.74) is 0.189. The van der Waals surface area contributed by atoms with E-state index in [0.717, 1.165) is 6.42 Å². The van der Waals surface area contributed by atoms with Gasteiger partial charge in [-0.15, -0.1) is 0 Å². The molecule has 0 radical (unpaired) electrons. The van der Waals surface area contributed by atoms with E-state index < -0.39 is 0 Å². The fourth-order valence-corrected chi connectivity index (χ4v) is 1.77. The van der Waals surface area contributed by atoms with Crippen LogP contribution in [0.5, 0.6) is 0 Å². The third-order valence-electron chi connectivity index (χ3n) is 2.31. The normalized spacial score (nSPS) is 42.8. The maximum absolute atomic E-state index is 11.1. The predicted octanol–water partition coefficient (Wildman–Crippen LogP) is 1.14. The minimum Gasteiger partial charge on any atom is -0.361 e. The molecule has 1 saturated carbocycles. The summed E-state index contributed by atoms with van der Waals surface area (Å²) in [7, 11) is 0. The van der Waals surface area contributed by atoms with Crippen molar-refractivity contribution in [2.24, 2.45) is 5.41 Å². The van der Waals surface area contributed by atoms with Crippen LogP contribution in [0.1, 0.15) is 26.7 Å². The molecule has 0 aromatic carbocycles. The second-order valence-electron chi connectivity index (χ2n) is 4.11. The average molecular weight is 140 g/mol. The van der Waals surface area contributed by atoms with Crippen molar-refractivity contribution in [1.82, 2.24) is 0 Å². The topological polar surface area (TPSA) is 29.6 Å². The Kier molecular flexibility index (Phi) is 1.03. The summed E-state index contributed by atoms with van der Waals surface area (Å²) in [6.45, 7) is 4.26. The minimum atomic E-state index is -0.00646. The highest BCUT2D eigenvalue weighted by molar-refractivity contribution is 5.87. The summed E-state index contributed by atoms with van der Waals surface area (Å²) in [6.07, 6.45) is 2.03. The van der Waals surface area contributed by atoms with Gasteiger partial charge < -0.3 is 4.74 Å². The van der Waals surface area contributed by atoms with Crippen LogP contribution in [-0.4, -0.2) is 18.0 Å². The highest BCUT2D eigenvalue weighted by atomic mass is 16.6. The van der Waals surface area contributed by atoms with Crippen LogP contribution in [-0.2, 0) is 9.53 Å². The molecule has 0 unspecified atom stereocenters. The Bertz CT molecular complexity index is 184. The van der Waals surface area contributed by atoms with Gasteiger partial charge in [0.1, 0.15) is 6.10 Å². The lowest BCUT2D eigenvalue weighted by Gasteiger charge is -2.25. The maximum Gasteiger partial charge on any atom is 0.164 e. The molecule has 0 N–H and O–H groups in total. The molecule has 1 aliphatic heterocycles. The van der Waals surface area contributed by atoms with Crippen LogP contribution in [0.2, 0.25) is 0 Å². The lowest BCUT2D eigenvalue weighted by molar-refractivity contribution is -0.122. The number of ketones is 1. The molecule has 2 nitrogen and oxygen atoms in total. The summed E-state index contributed by atoms with van der Waals surface area (Å²) in [6, 6.07) is 0. The van der Waals surface area contributed by atoms with Crippen LogP contribution >= 0.6 is 0 Å². The first kappa shape index (κ1) is 6.35. The molecular weight excluding hydrogens is 128 g/mol. The average Bonchev–Trinajstić information content (AvgIpc) is 2.40. The number of carbonyl (C=O) groups is 1. The van der Waals surface area contributed by atoms with Gasteiger partial charge in [-0.2, -0.15) is 0 Å². The van der Waals surface area contributed by atoms with Crippen molar-refractivity contribution in [3.8, 4) is 0 Å². The zero-order valence-corrected chi connectivity index (χ0v) is 6.39. The van der Waals surface area contributed by atoms with Crippen molar-refractivity contribution in [3.05, 3.63) is 0 Å². The molecule has 2 rings (SSSR count). The van der Waals surface area contributed by atoms with Crippen molar-refractivity contribution in [2.75, 3.05) is 0 Å². The van der Waals surface area contributed by atoms with Crippen LogP contribution < -0.4 is 0 Å². The summed E-state index contributed by atoms with van der Waals surface area (Å²) in [4.78, 5) is 11.1. The van der Waals surface area contributed by atoms with Crippen LogP contribution in [0.15, 0.2) is 0 Å². The number of hydrogen-bond acceptors (Lipinski definition) is 2. The molecule has 2 fully saturated rings. The molecule has 10 heavy (non-hydrogen) atoms. The molecule has 2 aliphatic rings. The highest BCUT2D eigenvalue weighted by Crippen LogP contribution is 2.43. The van der Waals surface area contributed by atoms with Gasteiger partial charge in [0.2, 0.25) is 0 Å². The van der Waals surface area contributed by atoms with Gasteiger partial charge in [0.15, 0.2) is 5.78 Å². The summed E-state index contributed by atoms with van der Waals surface area (Å²) in [5, 5.41) is 0. The second kappa shape index (κ2) is 1.62. The molecule has 1 heterocycles. The standard InChI is InChI=1S/C8H12O2/c1-8(2)3-5(9)7-6(4-8)10-7/h6-7H,3-4H2,1-2H3/t6-,7+/m1/s1. The smallest absolute Gasteiger partial charge is 0.164 e. The molecule has 0 aromatic heterocycles. The molecule has 0 amide bonds. The number of carbonyl (C=O) groups excluding carboxylic acids is 1. The van der Waals surface area contributed by atoms with E-state index in [0.29, 0.717) is 12.2 Å². The van der Waals surface area contributed by atoms with Gasteiger partial charge in [-0.3, -0.25) is 4.79 Å². The van der Waals surface area contributed by atoms with Crippen LogP contribution in [0.25, 0.3) is 0 Å². The van der Waals surface area contributed by atoms with Gasteiger partial charge in [0.05, 0.1) is 6.10 Å². The number of epoxide rings is 1. The van der Waals surface area contributed by atoms with Gasteiger partial charge in [0, 0.05) is 6.42 Å². The monoisotopic (exact) mass is 140 g/mol. The molecule has 0 bridgehead atoms. The SMILES string of the molecule is CC1(C)CC(=O)[C@@H]2O[C@@H]2C1. The van der Waals surface area contributed by atoms with E-state index in [2.05, 4.69) is 13.8 Å². The number of Topliss-reactive ketones (excluding diaryl/α,β-unsaturated/α-hetero) is 1. The van der Waals surface area contributed by atoms with Crippen LogP contribution in [0, 0.1) is 5.41 Å². The van der Waals surface area contributed by atoms with E-state index in [1.807, 2.05) is 0 Å². The van der Waals surface area contributed by atoms with E-state index in [1.165, 1.54) is 0 Å². The molecule has 1 saturated heterocycles. The van der Waals surface area contributed by atoms with E-state index in [-0.39, 0.29) is 17.6 Å². The molecule has 2 atom stereocenters. The first-order valence-electron chi connectivity index (χ1n) is 3.77. The van der Waals surface area contributed by atoms with Gasteiger partial charge in [0.25, 0.3) is 0 Å². The van der Waals surface area contributed by atoms with Crippen molar-refractivity contribution in [1.29, 1.82) is 0 Å². The van der Waals surface area contributed by atoms with Crippen molar-refractivity contribution in [2.45, 2.75) is 38.9 Å². The van der Waals surface area contributed by atoms with Crippen molar-refractivity contribution >= 4 is 5.78 Å². The lowest BCUT2D eigenvalue weighted by atomic mass is 9.77. The first-order chi connectivity index (χ1) is 4.58. The van der Waals surface area contributed by atoms with Crippen LogP contribution in [0.4, 0.5) is 0 Å². The molecule has 0 spiro atoms. The zero-order chi connectivity index (χ0) is 7.35. The number of fused-ring (bicyclic) bond motifs is 1. The second-order valence-corrected chi connectivity index (χ2v) is 4.11. The largest absolute Gasteiger partial charge is 0.361 e. The summed E-state index contributed by atoms with van der Waals surface area (Å²) < 4.78 is 5.18. The van der Waals surface area contributed by atoms with Gasteiger partial charge in [-0.05, 0) is 11.8 Å². The first-order valence-corrected chi connectivity index (χ1v) is 3.77. The summed E-state index contributed by atoms with van der Waals surface area (Å²) in [5.74, 6) is 0.307. The minimum absolute atomic E-state index is 0.00646. The Hall–Kier alpha value is -0.370. The Morgan fingerprint density at radius 1 is 1.60 bits per heavy atom. The van der Waals surface area contributed by atoms with Crippen molar-refractivity contribution < 1.29 is 9.53 Å². The molecule has 0 aromatic rings. The fourth-order valence-electron chi connectivity index (χ4n) is 1.77. The third-order valence-corrected chi connectivity index (χ3v) is 2.31. The van der Waals surface area contributed by atoms with E-state index in [9.17, 15) is 4.79 Å². The van der Waals surface area contributed by atoms with Gasteiger partial charge >= 0.3 is 0 Å². The van der Waals surface area contributed by atoms with Crippen LogP contribution in [0.3, 0.4) is 0 Å². The Labute approximate surface area is 60.6 Å². The Morgan fingerprint density at radius 3 is 2.90 bits per heavy atom. The third kappa shape index (κ3) is 0.870. The molecular formula is C8H12O2. The quantitative estimate of drug-likeness (QED) is 0.472. The van der Waals surface area contributed by atoms with Crippen molar-refractivity contribution in [3.63, 3.8) is 0 Å². The molecule has 2 heteroatoms. The summed E-state index contributed by atoms with van der Waals surface area (Å²) >= 11 is 0. The number of hydrogen-bond donors (Lipinski definition) is 0. The van der Waals surface area contributed by atoms with E-state index >= 15 is 0 Å².